The van der Waals surface area contributed by atoms with Crippen LogP contribution in [-0.4, -0.2) is 36.4 Å². The largest absolute Gasteiger partial charge is 0.461 e. The number of Topliss-reactive ketones (excluding diaryl/α,β-unsaturated/α-hetero) is 1. The van der Waals surface area contributed by atoms with Gasteiger partial charge < -0.3 is 15.4 Å². The zero-order chi connectivity index (χ0) is 24.0. The molecule has 0 amide bonds. The molecule has 0 aliphatic rings. The molecule has 0 aliphatic carbocycles. The standard InChI is InChI=1S/C13H18O2.C10H22N2O.C2H6/c1-4-13(14)15-9-11-5-7-12(8-6-11)10(2)3;1-9(2,3)12-7-8(13)10(4,5)11-6;1-2/h5-8,10H,4,9H2,1-3H3;11-12H,7H2,1-6H3;1-2H3. The third-order valence-corrected chi connectivity index (χ3v) is 4.44. The third-order valence-electron chi connectivity index (χ3n) is 4.44. The van der Waals surface area contributed by atoms with Crippen molar-refractivity contribution in [3.8, 4) is 0 Å². The molecule has 0 bridgehead atoms. The van der Waals surface area contributed by atoms with Crippen LogP contribution < -0.4 is 10.6 Å². The molecule has 0 unspecified atom stereocenters. The zero-order valence-electron chi connectivity index (χ0n) is 21.2. The molecule has 1 aromatic carbocycles. The Labute approximate surface area is 185 Å². The SMILES string of the molecule is CC.CCC(=O)OCc1ccc(C(C)C)cc1.CNC(C)(C)C(=O)CNC(C)(C)C. The molecule has 2 N–H and O–H groups in total. The number of rotatable bonds is 8. The van der Waals surface area contributed by atoms with Crippen LogP contribution in [0.25, 0.3) is 0 Å². The van der Waals surface area contributed by atoms with Gasteiger partial charge in [0.1, 0.15) is 6.61 Å². The number of likely N-dealkylation sites (N-methyl/N-ethyl adjacent to an activating group) is 1. The fourth-order valence-electron chi connectivity index (χ4n) is 1.97. The summed E-state index contributed by atoms with van der Waals surface area (Å²) in [6.45, 7) is 20.8. The molecular weight excluding hydrogens is 376 g/mol. The van der Waals surface area contributed by atoms with Gasteiger partial charge in [-0.3, -0.25) is 9.59 Å². The van der Waals surface area contributed by atoms with E-state index in [1.54, 1.807) is 14.0 Å². The maximum atomic E-state index is 11.6. The molecular formula is C25H46N2O3. The first-order valence-electron chi connectivity index (χ1n) is 11.0. The Morgan fingerprint density at radius 1 is 1.00 bits per heavy atom. The summed E-state index contributed by atoms with van der Waals surface area (Å²) in [6, 6.07) is 8.19. The van der Waals surface area contributed by atoms with Gasteiger partial charge in [-0.15, -0.1) is 0 Å². The summed E-state index contributed by atoms with van der Waals surface area (Å²) in [4.78, 5) is 22.6. The summed E-state index contributed by atoms with van der Waals surface area (Å²) in [5, 5.41) is 6.16. The molecule has 0 aliphatic heterocycles. The monoisotopic (exact) mass is 422 g/mol. The van der Waals surface area contributed by atoms with Crippen LogP contribution in [0.2, 0.25) is 0 Å². The summed E-state index contributed by atoms with van der Waals surface area (Å²) >= 11 is 0. The first-order valence-corrected chi connectivity index (χ1v) is 11.0. The zero-order valence-corrected chi connectivity index (χ0v) is 21.2. The summed E-state index contributed by atoms with van der Waals surface area (Å²) in [5.74, 6) is 0.574. The molecule has 1 rings (SSSR count). The lowest BCUT2D eigenvalue weighted by atomic mass is 9.98. The fraction of sp³-hybridized carbons (Fsp3) is 0.680. The van der Waals surface area contributed by atoms with Crippen molar-refractivity contribution in [2.24, 2.45) is 0 Å². The molecule has 30 heavy (non-hydrogen) atoms. The Hall–Kier alpha value is -1.72. The van der Waals surface area contributed by atoms with Gasteiger partial charge in [-0.05, 0) is 58.7 Å². The van der Waals surface area contributed by atoms with E-state index in [9.17, 15) is 9.59 Å². The summed E-state index contributed by atoms with van der Waals surface area (Å²) in [7, 11) is 1.80. The van der Waals surface area contributed by atoms with Gasteiger partial charge in [0.15, 0.2) is 5.78 Å². The van der Waals surface area contributed by atoms with Gasteiger partial charge in [-0.25, -0.2) is 0 Å². The molecule has 0 radical (unpaired) electrons. The van der Waals surface area contributed by atoms with Crippen molar-refractivity contribution in [2.75, 3.05) is 13.6 Å². The maximum Gasteiger partial charge on any atom is 0.305 e. The Kier molecular flexibility index (Phi) is 15.4. The lowest BCUT2D eigenvalue weighted by Gasteiger charge is -2.26. The van der Waals surface area contributed by atoms with Crippen molar-refractivity contribution in [3.63, 3.8) is 0 Å². The number of nitrogens with one attached hydrogen (secondary N) is 2. The molecule has 0 fully saturated rings. The number of hydrogen-bond donors (Lipinski definition) is 2. The van der Waals surface area contributed by atoms with E-state index in [0.29, 0.717) is 25.5 Å². The van der Waals surface area contributed by atoms with Crippen LogP contribution in [0.15, 0.2) is 24.3 Å². The highest BCUT2D eigenvalue weighted by Gasteiger charge is 2.25. The van der Waals surface area contributed by atoms with Crippen LogP contribution >= 0.6 is 0 Å². The van der Waals surface area contributed by atoms with E-state index in [4.69, 9.17) is 4.74 Å². The normalized spacial score (nSPS) is 11.1. The smallest absolute Gasteiger partial charge is 0.305 e. The van der Waals surface area contributed by atoms with Crippen LogP contribution in [0.3, 0.4) is 0 Å². The highest BCUT2D eigenvalue weighted by molar-refractivity contribution is 5.89. The van der Waals surface area contributed by atoms with E-state index in [2.05, 4.69) is 36.6 Å². The van der Waals surface area contributed by atoms with Crippen molar-refractivity contribution in [2.45, 2.75) is 99.3 Å². The van der Waals surface area contributed by atoms with Crippen LogP contribution in [0.1, 0.15) is 92.7 Å². The second kappa shape index (κ2) is 15.1. The van der Waals surface area contributed by atoms with Gasteiger partial charge in [-0.2, -0.15) is 0 Å². The van der Waals surface area contributed by atoms with Crippen LogP contribution in [-0.2, 0) is 20.9 Å². The van der Waals surface area contributed by atoms with Crippen LogP contribution in [0.4, 0.5) is 0 Å². The molecule has 0 saturated heterocycles. The van der Waals surface area contributed by atoms with E-state index < -0.39 is 5.54 Å². The molecule has 0 heterocycles. The van der Waals surface area contributed by atoms with Crippen LogP contribution in [0.5, 0.6) is 0 Å². The molecule has 1 aromatic rings. The van der Waals surface area contributed by atoms with Crippen molar-refractivity contribution in [1.82, 2.24) is 10.6 Å². The third kappa shape index (κ3) is 14.3. The Morgan fingerprint density at radius 2 is 1.50 bits per heavy atom. The van der Waals surface area contributed by atoms with Crippen molar-refractivity contribution in [3.05, 3.63) is 35.4 Å². The lowest BCUT2D eigenvalue weighted by molar-refractivity contribution is -0.144. The van der Waals surface area contributed by atoms with Crippen molar-refractivity contribution < 1.29 is 14.3 Å². The quantitative estimate of drug-likeness (QED) is 0.561. The number of benzene rings is 1. The minimum absolute atomic E-state index is 0.000514. The van der Waals surface area contributed by atoms with E-state index in [0.717, 1.165) is 5.56 Å². The van der Waals surface area contributed by atoms with Gasteiger partial charge in [-0.1, -0.05) is 58.9 Å². The predicted molar refractivity (Wildman–Crippen MR) is 128 cm³/mol. The van der Waals surface area contributed by atoms with E-state index >= 15 is 0 Å². The van der Waals surface area contributed by atoms with E-state index in [-0.39, 0.29) is 17.3 Å². The van der Waals surface area contributed by atoms with E-state index in [1.807, 2.05) is 60.6 Å². The molecule has 5 heteroatoms. The Morgan fingerprint density at radius 3 is 1.87 bits per heavy atom. The fourth-order valence-corrected chi connectivity index (χ4v) is 1.97. The van der Waals surface area contributed by atoms with Gasteiger partial charge in [0.25, 0.3) is 0 Å². The van der Waals surface area contributed by atoms with Crippen molar-refractivity contribution >= 4 is 11.8 Å². The number of hydrogen-bond acceptors (Lipinski definition) is 5. The first kappa shape index (κ1) is 30.5. The number of ether oxygens (including phenoxy) is 1. The van der Waals surface area contributed by atoms with E-state index in [1.165, 1.54) is 5.56 Å². The number of ketones is 1. The van der Waals surface area contributed by atoms with Gasteiger partial charge >= 0.3 is 5.97 Å². The summed E-state index contributed by atoms with van der Waals surface area (Å²) in [6.07, 6.45) is 0.435. The Bertz CT molecular complexity index is 600. The first-order chi connectivity index (χ1) is 13.8. The predicted octanol–water partition coefficient (Wildman–Crippen LogP) is 5.23. The molecule has 0 aromatic heterocycles. The van der Waals surface area contributed by atoms with Crippen LogP contribution in [0, 0.1) is 0 Å². The number of esters is 1. The Balaban J connectivity index is 0. The second-order valence-electron chi connectivity index (χ2n) is 8.81. The lowest BCUT2D eigenvalue weighted by Crippen LogP contribution is -2.51. The van der Waals surface area contributed by atoms with Gasteiger partial charge in [0.05, 0.1) is 12.1 Å². The minimum Gasteiger partial charge on any atom is -0.461 e. The average Bonchev–Trinajstić information content (AvgIpc) is 2.71. The minimum atomic E-state index is -0.432. The highest BCUT2D eigenvalue weighted by atomic mass is 16.5. The van der Waals surface area contributed by atoms with Gasteiger partial charge in [0.2, 0.25) is 0 Å². The second-order valence-corrected chi connectivity index (χ2v) is 8.81. The average molecular weight is 423 g/mol. The number of carbonyl (C=O) groups excluding carboxylic acids is 2. The van der Waals surface area contributed by atoms with Crippen molar-refractivity contribution in [1.29, 1.82) is 0 Å². The maximum absolute atomic E-state index is 11.6. The summed E-state index contributed by atoms with van der Waals surface area (Å²) < 4.78 is 5.04. The topological polar surface area (TPSA) is 67.4 Å². The molecule has 0 saturated carbocycles. The molecule has 0 spiro atoms. The molecule has 5 nitrogen and oxygen atoms in total. The summed E-state index contributed by atoms with van der Waals surface area (Å²) in [5.41, 5.74) is 1.92. The highest BCUT2D eigenvalue weighted by Crippen LogP contribution is 2.15. The number of carbonyl (C=O) groups is 2. The van der Waals surface area contributed by atoms with Gasteiger partial charge in [0, 0.05) is 12.0 Å². The molecule has 0 atom stereocenters. The molecule has 174 valence electrons.